The standard InChI is InChI=1S/C15H22N2O3/c1-3-20-13-6-4-5-12(9-13)16-14(19)17-15(2,10-18)11-7-8-11/h4-6,9,11,18H,3,7-8,10H2,1-2H3,(H2,16,17,19). The summed E-state index contributed by atoms with van der Waals surface area (Å²) in [5.74, 6) is 1.09. The van der Waals surface area contributed by atoms with E-state index in [0.717, 1.165) is 18.6 Å². The van der Waals surface area contributed by atoms with Crippen LogP contribution >= 0.6 is 0 Å². The number of carbonyl (C=O) groups excluding carboxylic acids is 1. The number of hydrogen-bond donors (Lipinski definition) is 3. The third kappa shape index (κ3) is 3.63. The third-order valence-corrected chi connectivity index (χ3v) is 3.61. The molecule has 0 saturated heterocycles. The maximum absolute atomic E-state index is 12.0. The van der Waals surface area contributed by atoms with Gasteiger partial charge >= 0.3 is 6.03 Å². The molecule has 3 N–H and O–H groups in total. The van der Waals surface area contributed by atoms with Crippen molar-refractivity contribution >= 4 is 11.7 Å². The van der Waals surface area contributed by atoms with E-state index >= 15 is 0 Å². The van der Waals surface area contributed by atoms with Crippen molar-refractivity contribution in [3.05, 3.63) is 24.3 Å². The normalized spacial score (nSPS) is 17.1. The number of ether oxygens (including phenoxy) is 1. The largest absolute Gasteiger partial charge is 0.494 e. The zero-order valence-electron chi connectivity index (χ0n) is 12.0. The lowest BCUT2D eigenvalue weighted by molar-refractivity contribution is 0.159. The van der Waals surface area contributed by atoms with Gasteiger partial charge in [-0.3, -0.25) is 0 Å². The van der Waals surface area contributed by atoms with Crippen molar-refractivity contribution < 1.29 is 14.6 Å². The molecular formula is C15H22N2O3. The highest BCUT2D eigenvalue weighted by molar-refractivity contribution is 5.90. The van der Waals surface area contributed by atoms with Gasteiger partial charge < -0.3 is 20.5 Å². The first-order valence-electron chi connectivity index (χ1n) is 7.00. The lowest BCUT2D eigenvalue weighted by Gasteiger charge is -2.28. The topological polar surface area (TPSA) is 70.6 Å². The summed E-state index contributed by atoms with van der Waals surface area (Å²) in [5, 5.41) is 15.1. The second-order valence-electron chi connectivity index (χ2n) is 5.39. The molecule has 0 bridgehead atoms. The van der Waals surface area contributed by atoms with Crippen LogP contribution in [0.15, 0.2) is 24.3 Å². The number of nitrogens with one attached hydrogen (secondary N) is 2. The van der Waals surface area contributed by atoms with Crippen LogP contribution in [0.2, 0.25) is 0 Å². The van der Waals surface area contributed by atoms with Gasteiger partial charge in [-0.25, -0.2) is 4.79 Å². The van der Waals surface area contributed by atoms with Crippen LogP contribution in [0.25, 0.3) is 0 Å². The lowest BCUT2D eigenvalue weighted by atomic mass is 9.97. The Morgan fingerprint density at radius 3 is 2.85 bits per heavy atom. The van der Waals surface area contributed by atoms with Crippen LogP contribution in [-0.2, 0) is 0 Å². The van der Waals surface area contributed by atoms with Gasteiger partial charge in [0.05, 0.1) is 18.8 Å². The first-order chi connectivity index (χ1) is 9.57. The minimum atomic E-state index is -0.540. The summed E-state index contributed by atoms with van der Waals surface area (Å²) in [4.78, 5) is 12.0. The number of benzene rings is 1. The van der Waals surface area contributed by atoms with Crippen molar-refractivity contribution in [3.63, 3.8) is 0 Å². The first kappa shape index (κ1) is 14.7. The molecule has 0 radical (unpaired) electrons. The summed E-state index contributed by atoms with van der Waals surface area (Å²) in [6, 6.07) is 6.94. The highest BCUT2D eigenvalue weighted by Crippen LogP contribution is 2.39. The number of aliphatic hydroxyl groups excluding tert-OH is 1. The van der Waals surface area contributed by atoms with E-state index in [1.807, 2.05) is 26.0 Å². The van der Waals surface area contributed by atoms with Crippen LogP contribution in [0.3, 0.4) is 0 Å². The SMILES string of the molecule is CCOc1cccc(NC(=O)NC(C)(CO)C2CC2)c1. The van der Waals surface area contributed by atoms with Gasteiger partial charge in [-0.05, 0) is 44.7 Å². The summed E-state index contributed by atoms with van der Waals surface area (Å²) in [7, 11) is 0. The fourth-order valence-corrected chi connectivity index (χ4v) is 2.24. The molecule has 1 atom stereocenters. The molecule has 2 amide bonds. The summed E-state index contributed by atoms with van der Waals surface area (Å²) >= 11 is 0. The number of urea groups is 1. The average molecular weight is 278 g/mol. The van der Waals surface area contributed by atoms with E-state index in [-0.39, 0.29) is 12.6 Å². The van der Waals surface area contributed by atoms with Crippen molar-refractivity contribution in [2.45, 2.75) is 32.2 Å². The average Bonchev–Trinajstić information content (AvgIpc) is 3.24. The lowest BCUT2D eigenvalue weighted by Crippen LogP contribution is -2.52. The number of hydrogen-bond acceptors (Lipinski definition) is 3. The molecule has 1 fully saturated rings. The molecule has 5 heteroatoms. The Balaban J connectivity index is 1.95. The predicted molar refractivity (Wildman–Crippen MR) is 78.0 cm³/mol. The predicted octanol–water partition coefficient (Wildman–Crippen LogP) is 2.37. The fraction of sp³-hybridized carbons (Fsp3) is 0.533. The molecule has 1 aromatic rings. The van der Waals surface area contributed by atoms with Crippen molar-refractivity contribution in [2.24, 2.45) is 5.92 Å². The van der Waals surface area contributed by atoms with Crippen LogP contribution in [-0.4, -0.2) is 29.9 Å². The molecule has 1 aliphatic carbocycles. The molecule has 2 rings (SSSR count). The van der Waals surface area contributed by atoms with Crippen molar-refractivity contribution in [2.75, 3.05) is 18.5 Å². The van der Waals surface area contributed by atoms with Gasteiger partial charge in [0, 0.05) is 11.8 Å². The van der Waals surface area contributed by atoms with E-state index < -0.39 is 5.54 Å². The van der Waals surface area contributed by atoms with Crippen molar-refractivity contribution in [1.82, 2.24) is 5.32 Å². The zero-order valence-corrected chi connectivity index (χ0v) is 12.0. The number of aliphatic hydroxyl groups is 1. The molecule has 0 aromatic heterocycles. The highest BCUT2D eigenvalue weighted by Gasteiger charge is 2.42. The molecule has 1 aromatic carbocycles. The van der Waals surface area contributed by atoms with Gasteiger partial charge in [0.25, 0.3) is 0 Å². The van der Waals surface area contributed by atoms with Crippen molar-refractivity contribution in [1.29, 1.82) is 0 Å². The van der Waals surface area contributed by atoms with Crippen LogP contribution < -0.4 is 15.4 Å². The Labute approximate surface area is 119 Å². The molecule has 5 nitrogen and oxygen atoms in total. The first-order valence-corrected chi connectivity index (χ1v) is 7.00. The second kappa shape index (κ2) is 6.13. The minimum Gasteiger partial charge on any atom is -0.494 e. The Hall–Kier alpha value is -1.75. The van der Waals surface area contributed by atoms with Crippen LogP contribution in [0.1, 0.15) is 26.7 Å². The van der Waals surface area contributed by atoms with E-state index in [0.29, 0.717) is 18.2 Å². The van der Waals surface area contributed by atoms with Crippen molar-refractivity contribution in [3.8, 4) is 5.75 Å². The van der Waals surface area contributed by atoms with E-state index in [9.17, 15) is 9.90 Å². The minimum absolute atomic E-state index is 0.0515. The summed E-state index contributed by atoms with van der Waals surface area (Å²) in [6.07, 6.45) is 2.11. The van der Waals surface area contributed by atoms with Crippen LogP contribution in [0, 0.1) is 5.92 Å². The fourth-order valence-electron chi connectivity index (χ4n) is 2.24. The highest BCUT2D eigenvalue weighted by atomic mass is 16.5. The number of amides is 2. The van der Waals surface area contributed by atoms with E-state index in [2.05, 4.69) is 10.6 Å². The van der Waals surface area contributed by atoms with Crippen LogP contribution in [0.5, 0.6) is 5.75 Å². The smallest absolute Gasteiger partial charge is 0.319 e. The van der Waals surface area contributed by atoms with Gasteiger partial charge in [0.2, 0.25) is 0 Å². The Bertz CT molecular complexity index is 474. The molecule has 0 aliphatic heterocycles. The van der Waals surface area contributed by atoms with E-state index in [1.54, 1.807) is 12.1 Å². The number of anilines is 1. The Morgan fingerprint density at radius 1 is 1.50 bits per heavy atom. The van der Waals surface area contributed by atoms with Crippen LogP contribution in [0.4, 0.5) is 10.5 Å². The molecule has 1 aliphatic rings. The Kier molecular flexibility index (Phi) is 4.49. The number of rotatable bonds is 6. The van der Waals surface area contributed by atoms with Gasteiger partial charge in [-0.2, -0.15) is 0 Å². The molecule has 1 saturated carbocycles. The maximum atomic E-state index is 12.0. The second-order valence-corrected chi connectivity index (χ2v) is 5.39. The maximum Gasteiger partial charge on any atom is 0.319 e. The molecule has 0 heterocycles. The number of carbonyl (C=O) groups is 1. The van der Waals surface area contributed by atoms with Gasteiger partial charge in [0.1, 0.15) is 5.75 Å². The molecule has 1 unspecified atom stereocenters. The van der Waals surface area contributed by atoms with E-state index in [4.69, 9.17) is 4.74 Å². The summed E-state index contributed by atoms with van der Waals surface area (Å²) in [5.41, 5.74) is 0.131. The monoisotopic (exact) mass is 278 g/mol. The van der Waals surface area contributed by atoms with E-state index in [1.165, 1.54) is 0 Å². The van der Waals surface area contributed by atoms with Gasteiger partial charge in [-0.15, -0.1) is 0 Å². The van der Waals surface area contributed by atoms with Gasteiger partial charge in [-0.1, -0.05) is 6.07 Å². The molecule has 20 heavy (non-hydrogen) atoms. The zero-order chi connectivity index (χ0) is 14.6. The quantitative estimate of drug-likeness (QED) is 0.748. The molecule has 0 spiro atoms. The third-order valence-electron chi connectivity index (χ3n) is 3.61. The van der Waals surface area contributed by atoms with Gasteiger partial charge in [0.15, 0.2) is 0 Å². The molecular weight excluding hydrogens is 256 g/mol. The summed E-state index contributed by atoms with van der Waals surface area (Å²) < 4.78 is 5.39. The Morgan fingerprint density at radius 2 is 2.25 bits per heavy atom. The summed E-state index contributed by atoms with van der Waals surface area (Å²) in [6.45, 7) is 4.32. The molecule has 110 valence electrons.